The van der Waals surface area contributed by atoms with Crippen LogP contribution in [-0.4, -0.2) is 43.2 Å². The number of imidazole rings is 1. The quantitative estimate of drug-likeness (QED) is 0.646. The van der Waals surface area contributed by atoms with Crippen molar-refractivity contribution in [3.05, 3.63) is 65.3 Å². The van der Waals surface area contributed by atoms with Crippen LogP contribution < -0.4 is 10.3 Å². The molecule has 0 spiro atoms. The first kappa shape index (κ1) is 18.4. The highest BCUT2D eigenvalue weighted by atomic mass is 16.5. The Hall–Kier alpha value is -3.62. The van der Waals surface area contributed by atoms with Crippen molar-refractivity contribution >= 4 is 17.1 Å². The van der Waals surface area contributed by atoms with Crippen molar-refractivity contribution in [3.8, 4) is 5.75 Å². The molecule has 9 heteroatoms. The first-order valence-electron chi connectivity index (χ1n) is 9.77. The summed E-state index contributed by atoms with van der Waals surface area (Å²) in [5, 5.41) is 6.40. The summed E-state index contributed by atoms with van der Waals surface area (Å²) in [6.45, 7) is 4.18. The molecule has 9 nitrogen and oxygen atoms in total. The molecule has 0 bridgehead atoms. The van der Waals surface area contributed by atoms with E-state index in [-0.39, 0.29) is 18.1 Å². The molecule has 1 saturated carbocycles. The van der Waals surface area contributed by atoms with Gasteiger partial charge in [-0.25, -0.2) is 15.0 Å². The molecule has 1 aliphatic heterocycles. The van der Waals surface area contributed by atoms with Gasteiger partial charge in [-0.1, -0.05) is 12.1 Å². The molecule has 5 rings (SSSR count). The van der Waals surface area contributed by atoms with E-state index in [1.165, 1.54) is 16.5 Å². The Morgan fingerprint density at radius 1 is 1.20 bits per heavy atom. The molecule has 0 amide bonds. The van der Waals surface area contributed by atoms with Gasteiger partial charge in [-0.15, -0.1) is 5.10 Å². The average molecular weight is 406 g/mol. The van der Waals surface area contributed by atoms with Gasteiger partial charge in [-0.05, 0) is 43.0 Å². The molecule has 154 valence electrons. The molecule has 30 heavy (non-hydrogen) atoms. The Balaban J connectivity index is 1.28. The van der Waals surface area contributed by atoms with Gasteiger partial charge < -0.3 is 14.0 Å². The third-order valence-corrected chi connectivity index (χ3v) is 5.76. The van der Waals surface area contributed by atoms with Crippen LogP contribution in [0.25, 0.3) is 11.2 Å². The van der Waals surface area contributed by atoms with Crippen molar-refractivity contribution in [1.82, 2.24) is 24.1 Å². The number of hydrogen-bond donors (Lipinski definition) is 0. The van der Waals surface area contributed by atoms with E-state index in [0.717, 1.165) is 18.6 Å². The molecule has 0 N–H and O–H groups in total. The predicted molar refractivity (Wildman–Crippen MR) is 111 cm³/mol. The summed E-state index contributed by atoms with van der Waals surface area (Å²) in [6, 6.07) is 8.43. The minimum atomic E-state index is -0.182. The highest BCUT2D eigenvalue weighted by Crippen LogP contribution is 2.42. The lowest BCUT2D eigenvalue weighted by molar-refractivity contribution is 0.123. The fraction of sp³-hybridized carbons (Fsp3) is 0.333. The minimum Gasteiger partial charge on any atom is -0.497 e. The zero-order valence-corrected chi connectivity index (χ0v) is 16.9. The number of hydrazone groups is 1. The second-order valence-corrected chi connectivity index (χ2v) is 7.63. The molecule has 0 atom stereocenters. The van der Waals surface area contributed by atoms with Crippen LogP contribution in [0.1, 0.15) is 24.3 Å². The van der Waals surface area contributed by atoms with E-state index in [1.54, 1.807) is 25.1 Å². The van der Waals surface area contributed by atoms with Gasteiger partial charge in [0.15, 0.2) is 11.2 Å². The molecular weight excluding hydrogens is 384 g/mol. The van der Waals surface area contributed by atoms with Crippen LogP contribution in [0.5, 0.6) is 5.75 Å². The maximum atomic E-state index is 12.7. The van der Waals surface area contributed by atoms with E-state index in [1.807, 2.05) is 17.1 Å². The zero-order valence-electron chi connectivity index (χ0n) is 16.9. The molecule has 2 aromatic heterocycles. The zero-order chi connectivity index (χ0) is 20.8. The van der Waals surface area contributed by atoms with Crippen molar-refractivity contribution in [2.45, 2.75) is 31.3 Å². The molecule has 3 aromatic rings. The molecular formula is C21H22N6O3. The Labute approximate surface area is 172 Å². The lowest BCUT2D eigenvalue weighted by atomic mass is 9.75. The van der Waals surface area contributed by atoms with E-state index in [2.05, 4.69) is 33.8 Å². The summed E-state index contributed by atoms with van der Waals surface area (Å²) in [5.41, 5.74) is 1.99. The Morgan fingerprint density at radius 2 is 1.93 bits per heavy atom. The van der Waals surface area contributed by atoms with Crippen molar-refractivity contribution in [2.24, 2.45) is 12.1 Å². The van der Waals surface area contributed by atoms with Gasteiger partial charge in [-0.3, -0.25) is 9.36 Å². The first-order chi connectivity index (χ1) is 14.5. The second kappa shape index (κ2) is 7.01. The van der Waals surface area contributed by atoms with Crippen molar-refractivity contribution in [1.29, 1.82) is 0 Å². The van der Waals surface area contributed by atoms with Crippen molar-refractivity contribution < 1.29 is 9.47 Å². The van der Waals surface area contributed by atoms with Gasteiger partial charge in [0.1, 0.15) is 18.6 Å². The molecule has 1 fully saturated rings. The van der Waals surface area contributed by atoms with Crippen LogP contribution in [0.2, 0.25) is 0 Å². The monoisotopic (exact) mass is 406 g/mol. The number of methoxy groups -OCH3 is 1. The Morgan fingerprint density at radius 3 is 2.67 bits per heavy atom. The van der Waals surface area contributed by atoms with Gasteiger partial charge in [-0.2, -0.15) is 0 Å². The van der Waals surface area contributed by atoms with Crippen LogP contribution in [0.4, 0.5) is 0 Å². The number of fused-ring (bicyclic) bond motifs is 1. The molecule has 3 heterocycles. The lowest BCUT2D eigenvalue weighted by Gasteiger charge is -2.39. The normalized spacial score (nSPS) is 20.8. The fourth-order valence-corrected chi connectivity index (χ4v) is 3.99. The number of hydrogen-bond acceptors (Lipinski definition) is 7. The number of nitrogens with zero attached hydrogens (tertiary/aromatic N) is 6. The van der Waals surface area contributed by atoms with Crippen molar-refractivity contribution in [2.75, 3.05) is 7.11 Å². The third kappa shape index (κ3) is 3.02. The van der Waals surface area contributed by atoms with E-state index < -0.39 is 0 Å². The largest absolute Gasteiger partial charge is 0.497 e. The number of ether oxygens (including phenoxy) is 2. The summed E-state index contributed by atoms with van der Waals surface area (Å²) < 4.78 is 14.1. The summed E-state index contributed by atoms with van der Waals surface area (Å²) in [7, 11) is 3.44. The molecule has 1 aromatic carbocycles. The van der Waals surface area contributed by atoms with E-state index in [0.29, 0.717) is 28.9 Å². The molecule has 0 saturated heterocycles. The van der Waals surface area contributed by atoms with E-state index in [9.17, 15) is 4.79 Å². The maximum absolute atomic E-state index is 12.7. The topological polar surface area (TPSA) is 86.8 Å². The van der Waals surface area contributed by atoms with Gasteiger partial charge >= 0.3 is 0 Å². The van der Waals surface area contributed by atoms with Gasteiger partial charge in [0, 0.05) is 7.05 Å². The van der Waals surface area contributed by atoms with Gasteiger partial charge in [0.05, 0.1) is 19.5 Å². The molecule has 2 aliphatic rings. The predicted octanol–water partition coefficient (Wildman–Crippen LogP) is 2.20. The van der Waals surface area contributed by atoms with Crippen LogP contribution in [0, 0.1) is 0 Å². The highest BCUT2D eigenvalue weighted by molar-refractivity contribution is 5.78. The van der Waals surface area contributed by atoms with Gasteiger partial charge in [0.2, 0.25) is 11.8 Å². The number of aromatic nitrogens is 4. The first-order valence-corrected chi connectivity index (χ1v) is 9.77. The highest BCUT2D eigenvalue weighted by Gasteiger charge is 2.38. The molecule has 0 radical (unpaired) electrons. The lowest BCUT2D eigenvalue weighted by Crippen LogP contribution is -2.39. The summed E-state index contributed by atoms with van der Waals surface area (Å²) in [6.07, 6.45) is 4.98. The number of rotatable bonds is 5. The fourth-order valence-electron chi connectivity index (χ4n) is 3.99. The summed E-state index contributed by atoms with van der Waals surface area (Å²) in [5.74, 6) is 2.26. The number of aryl methyl sites for hydroxylation is 1. The Kier molecular flexibility index (Phi) is 4.30. The third-order valence-electron chi connectivity index (χ3n) is 5.76. The smallest absolute Gasteiger partial charge is 0.280 e. The van der Waals surface area contributed by atoms with Crippen LogP contribution in [-0.2, 0) is 18.3 Å². The second-order valence-electron chi connectivity index (χ2n) is 7.63. The SMILES string of the molecule is C=C1OC(Cn2cnc3ncn(C)c3c2=O)=NN1C1CC(c2ccc(OC)cc2)C1. The van der Waals surface area contributed by atoms with Crippen molar-refractivity contribution in [3.63, 3.8) is 0 Å². The number of benzene rings is 1. The molecule has 1 aliphatic carbocycles. The standard InChI is InChI=1S/C21H22N6O3/c1-13-27(16-8-15(9-16)14-4-6-17(29-3)7-5-14)24-18(30-13)10-26-12-23-20-19(21(26)28)25(2)11-22-20/h4-7,11-12,15-16H,1,8-10H2,2-3H3. The van der Waals surface area contributed by atoms with Crippen LogP contribution in [0.3, 0.4) is 0 Å². The molecule has 0 unspecified atom stereocenters. The minimum absolute atomic E-state index is 0.182. The van der Waals surface area contributed by atoms with Crippen LogP contribution >= 0.6 is 0 Å². The van der Waals surface area contributed by atoms with E-state index in [4.69, 9.17) is 9.47 Å². The summed E-state index contributed by atoms with van der Waals surface area (Å²) >= 11 is 0. The maximum Gasteiger partial charge on any atom is 0.280 e. The van der Waals surface area contributed by atoms with Gasteiger partial charge in [0.25, 0.3) is 5.56 Å². The Bertz CT molecular complexity index is 1200. The average Bonchev–Trinajstić information content (AvgIpc) is 3.26. The van der Waals surface area contributed by atoms with Crippen LogP contribution in [0.15, 0.2) is 59.3 Å². The summed E-state index contributed by atoms with van der Waals surface area (Å²) in [4.78, 5) is 21.1. The van der Waals surface area contributed by atoms with E-state index >= 15 is 0 Å².